The third kappa shape index (κ3) is 2.97. The van der Waals surface area contributed by atoms with E-state index in [1.807, 2.05) is 24.3 Å². The number of phenols is 1. The van der Waals surface area contributed by atoms with Crippen LogP contribution in [0, 0.1) is 3.57 Å². The first kappa shape index (κ1) is 18.1. The standard InChI is InChI=1S/C24H19IN2O2/c1-29-22-11-14(10-19(25)24(22)28)23(17-12-26-20-8-4-2-6-15(17)20)18-13-27-21-9-5-3-7-16(18)21/h2-13,23,26-28H,1H3. The Hall–Kier alpha value is -2.93. The zero-order valence-electron chi connectivity index (χ0n) is 15.7. The maximum absolute atomic E-state index is 10.4. The molecule has 0 fully saturated rings. The van der Waals surface area contributed by atoms with E-state index in [-0.39, 0.29) is 11.7 Å². The minimum absolute atomic E-state index is 0.0229. The summed E-state index contributed by atoms with van der Waals surface area (Å²) in [6, 6.07) is 20.6. The van der Waals surface area contributed by atoms with Gasteiger partial charge in [0.05, 0.1) is 10.7 Å². The highest BCUT2D eigenvalue weighted by Gasteiger charge is 2.25. The van der Waals surface area contributed by atoms with Crippen LogP contribution < -0.4 is 4.74 Å². The molecule has 4 nitrogen and oxygen atoms in total. The molecule has 0 unspecified atom stereocenters. The Morgan fingerprint density at radius 2 is 1.41 bits per heavy atom. The summed E-state index contributed by atoms with van der Waals surface area (Å²) < 4.78 is 6.22. The molecular weight excluding hydrogens is 475 g/mol. The summed E-state index contributed by atoms with van der Waals surface area (Å²) >= 11 is 2.16. The fraction of sp³-hybridized carbons (Fsp3) is 0.0833. The molecule has 0 radical (unpaired) electrons. The molecule has 3 aromatic carbocycles. The molecule has 144 valence electrons. The number of benzene rings is 3. The van der Waals surface area contributed by atoms with Gasteiger partial charge < -0.3 is 19.8 Å². The number of nitrogens with one attached hydrogen (secondary N) is 2. The third-order valence-corrected chi connectivity index (χ3v) is 6.29. The van der Waals surface area contributed by atoms with E-state index in [2.05, 4.69) is 81.4 Å². The van der Waals surface area contributed by atoms with Crippen molar-refractivity contribution >= 4 is 44.4 Å². The molecule has 0 saturated heterocycles. The number of phenolic OH excluding ortho intramolecular Hbond substituents is 1. The van der Waals surface area contributed by atoms with Gasteiger partial charge in [-0.2, -0.15) is 0 Å². The summed E-state index contributed by atoms with van der Waals surface area (Å²) in [5.41, 5.74) is 5.65. The van der Waals surface area contributed by atoms with Gasteiger partial charge in [0.1, 0.15) is 0 Å². The predicted octanol–water partition coefficient (Wildman–Crippen LogP) is 6.15. The number of halogens is 1. The van der Waals surface area contributed by atoms with Gasteiger partial charge in [0.25, 0.3) is 0 Å². The van der Waals surface area contributed by atoms with Crippen LogP contribution in [0.3, 0.4) is 0 Å². The number of para-hydroxylation sites is 2. The van der Waals surface area contributed by atoms with Crippen molar-refractivity contribution in [1.82, 2.24) is 9.97 Å². The molecule has 0 spiro atoms. The SMILES string of the molecule is COc1cc(C(c2c[nH]c3ccccc23)c2c[nH]c3ccccc23)cc(I)c1O. The summed E-state index contributed by atoms with van der Waals surface area (Å²) in [7, 11) is 1.58. The van der Waals surface area contributed by atoms with E-state index in [9.17, 15) is 5.11 Å². The van der Waals surface area contributed by atoms with Gasteiger partial charge in [-0.05, 0) is 63.5 Å². The Labute approximate surface area is 181 Å². The molecule has 2 aromatic heterocycles. The number of aromatic amines is 2. The first-order chi connectivity index (χ1) is 14.2. The van der Waals surface area contributed by atoms with E-state index in [4.69, 9.17) is 4.74 Å². The van der Waals surface area contributed by atoms with Crippen LogP contribution in [0.1, 0.15) is 22.6 Å². The summed E-state index contributed by atoms with van der Waals surface area (Å²) in [4.78, 5) is 6.82. The monoisotopic (exact) mass is 494 g/mol. The van der Waals surface area contributed by atoms with Gasteiger partial charge >= 0.3 is 0 Å². The Morgan fingerprint density at radius 1 is 0.862 bits per heavy atom. The van der Waals surface area contributed by atoms with Gasteiger partial charge in [0, 0.05) is 40.1 Å². The lowest BCUT2D eigenvalue weighted by molar-refractivity contribution is 0.371. The van der Waals surface area contributed by atoms with Crippen molar-refractivity contribution in [3.05, 3.63) is 93.3 Å². The lowest BCUT2D eigenvalue weighted by atomic mass is 9.84. The average Bonchev–Trinajstić information content (AvgIpc) is 3.36. The molecule has 0 amide bonds. The Balaban J connectivity index is 1.82. The molecule has 0 aliphatic heterocycles. The molecule has 0 aliphatic rings. The largest absolute Gasteiger partial charge is 0.504 e. The average molecular weight is 494 g/mol. The topological polar surface area (TPSA) is 61.0 Å². The van der Waals surface area contributed by atoms with Crippen molar-refractivity contribution in [3.63, 3.8) is 0 Å². The normalized spacial score (nSPS) is 11.6. The van der Waals surface area contributed by atoms with Crippen molar-refractivity contribution in [2.24, 2.45) is 0 Å². The quantitative estimate of drug-likeness (QED) is 0.263. The number of aromatic hydroxyl groups is 1. The fourth-order valence-corrected chi connectivity index (χ4v) is 4.73. The molecule has 29 heavy (non-hydrogen) atoms. The minimum atomic E-state index is -0.0229. The molecule has 2 heterocycles. The van der Waals surface area contributed by atoms with E-state index in [1.165, 1.54) is 21.9 Å². The van der Waals surface area contributed by atoms with Crippen LogP contribution in [0.5, 0.6) is 11.5 Å². The van der Waals surface area contributed by atoms with Crippen LogP contribution in [0.4, 0.5) is 0 Å². The predicted molar refractivity (Wildman–Crippen MR) is 125 cm³/mol. The number of hydrogen-bond donors (Lipinski definition) is 3. The van der Waals surface area contributed by atoms with Crippen LogP contribution in [0.25, 0.3) is 21.8 Å². The molecule has 5 aromatic rings. The highest BCUT2D eigenvalue weighted by molar-refractivity contribution is 14.1. The van der Waals surface area contributed by atoms with Crippen molar-refractivity contribution in [1.29, 1.82) is 0 Å². The molecule has 3 N–H and O–H groups in total. The number of aromatic nitrogens is 2. The lowest BCUT2D eigenvalue weighted by Crippen LogP contribution is -2.04. The van der Waals surface area contributed by atoms with E-state index >= 15 is 0 Å². The molecule has 0 atom stereocenters. The molecule has 0 bridgehead atoms. The van der Waals surface area contributed by atoms with Crippen molar-refractivity contribution in [2.45, 2.75) is 5.92 Å². The number of methoxy groups -OCH3 is 1. The van der Waals surface area contributed by atoms with E-state index < -0.39 is 0 Å². The van der Waals surface area contributed by atoms with Gasteiger partial charge in [0.2, 0.25) is 0 Å². The highest BCUT2D eigenvalue weighted by Crippen LogP contribution is 2.43. The summed E-state index contributed by atoms with van der Waals surface area (Å²) in [6.45, 7) is 0. The molecule has 5 heteroatoms. The first-order valence-electron chi connectivity index (χ1n) is 9.36. The van der Waals surface area contributed by atoms with Gasteiger partial charge in [-0.15, -0.1) is 0 Å². The number of hydrogen-bond acceptors (Lipinski definition) is 2. The summed E-state index contributed by atoms with van der Waals surface area (Å²) in [5.74, 6) is 0.635. The maximum atomic E-state index is 10.4. The Morgan fingerprint density at radius 3 is 1.97 bits per heavy atom. The summed E-state index contributed by atoms with van der Waals surface area (Å²) in [5, 5.41) is 12.7. The summed E-state index contributed by atoms with van der Waals surface area (Å²) in [6.07, 6.45) is 4.17. The maximum Gasteiger partial charge on any atom is 0.171 e. The van der Waals surface area contributed by atoms with Crippen LogP contribution in [-0.2, 0) is 0 Å². The zero-order valence-corrected chi connectivity index (χ0v) is 17.9. The second kappa shape index (κ2) is 7.15. The van der Waals surface area contributed by atoms with Crippen molar-refractivity contribution < 1.29 is 9.84 Å². The van der Waals surface area contributed by atoms with E-state index in [0.717, 1.165) is 20.2 Å². The van der Waals surface area contributed by atoms with E-state index in [1.54, 1.807) is 7.11 Å². The number of fused-ring (bicyclic) bond motifs is 2. The second-order valence-corrected chi connectivity index (χ2v) is 8.23. The van der Waals surface area contributed by atoms with Crippen LogP contribution in [-0.4, -0.2) is 22.2 Å². The molecular formula is C24H19IN2O2. The van der Waals surface area contributed by atoms with Gasteiger partial charge in [-0.1, -0.05) is 36.4 Å². The molecule has 0 saturated carbocycles. The molecule has 0 aliphatic carbocycles. The van der Waals surface area contributed by atoms with Crippen molar-refractivity contribution in [3.8, 4) is 11.5 Å². The van der Waals surface area contributed by atoms with Gasteiger partial charge in [0.15, 0.2) is 11.5 Å². The first-order valence-corrected chi connectivity index (χ1v) is 10.4. The molecule has 5 rings (SSSR count). The zero-order chi connectivity index (χ0) is 20.0. The van der Waals surface area contributed by atoms with Gasteiger partial charge in [-0.3, -0.25) is 0 Å². The fourth-order valence-electron chi connectivity index (χ4n) is 4.11. The number of ether oxygens (including phenoxy) is 1. The highest BCUT2D eigenvalue weighted by atomic mass is 127. The van der Waals surface area contributed by atoms with Crippen molar-refractivity contribution in [2.75, 3.05) is 7.11 Å². The van der Waals surface area contributed by atoms with Crippen LogP contribution in [0.2, 0.25) is 0 Å². The minimum Gasteiger partial charge on any atom is -0.504 e. The second-order valence-electron chi connectivity index (χ2n) is 7.07. The third-order valence-electron chi connectivity index (χ3n) is 5.47. The lowest BCUT2D eigenvalue weighted by Gasteiger charge is -2.19. The van der Waals surface area contributed by atoms with Crippen LogP contribution >= 0.6 is 22.6 Å². The smallest absolute Gasteiger partial charge is 0.171 e. The van der Waals surface area contributed by atoms with Gasteiger partial charge in [-0.25, -0.2) is 0 Å². The Kier molecular flexibility index (Phi) is 4.47. The van der Waals surface area contributed by atoms with E-state index in [0.29, 0.717) is 5.75 Å². The van der Waals surface area contributed by atoms with Crippen LogP contribution in [0.15, 0.2) is 73.1 Å². The number of H-pyrrole nitrogens is 2. The Bertz CT molecular complexity index is 1260. The number of rotatable bonds is 4.